The highest BCUT2D eigenvalue weighted by Crippen LogP contribution is 2.22. The zero-order valence-electron chi connectivity index (χ0n) is 13.9. The first kappa shape index (κ1) is 16.6. The second-order valence-electron chi connectivity index (χ2n) is 5.86. The Kier molecular flexibility index (Phi) is 7.01. The fourth-order valence-corrected chi connectivity index (χ4v) is 2.61. The topological polar surface area (TPSA) is 27.1 Å². The van der Waals surface area contributed by atoms with Crippen LogP contribution in [0.2, 0.25) is 0 Å². The molecule has 3 nitrogen and oxygen atoms in total. The van der Waals surface area contributed by atoms with Gasteiger partial charge < -0.3 is 9.30 Å². The van der Waals surface area contributed by atoms with Crippen LogP contribution >= 0.6 is 0 Å². The summed E-state index contributed by atoms with van der Waals surface area (Å²) in [5, 5.41) is 0. The van der Waals surface area contributed by atoms with Crippen molar-refractivity contribution in [3.63, 3.8) is 0 Å². The van der Waals surface area contributed by atoms with Gasteiger partial charge in [-0.2, -0.15) is 0 Å². The predicted octanol–water partition coefficient (Wildman–Crippen LogP) is 5.04. The van der Waals surface area contributed by atoms with Crippen LogP contribution in [0.25, 0.3) is 0 Å². The monoisotopic (exact) mass is 300 g/mol. The van der Waals surface area contributed by atoms with Gasteiger partial charge in [-0.15, -0.1) is 0 Å². The van der Waals surface area contributed by atoms with Crippen LogP contribution in [0.3, 0.4) is 0 Å². The molecule has 3 heteroatoms. The molecule has 22 heavy (non-hydrogen) atoms. The minimum absolute atomic E-state index is 0.495. The van der Waals surface area contributed by atoms with Gasteiger partial charge in [-0.05, 0) is 37.0 Å². The normalized spacial score (nSPS) is 12.3. The molecule has 0 fully saturated rings. The van der Waals surface area contributed by atoms with Crippen molar-refractivity contribution < 1.29 is 4.74 Å². The first-order chi connectivity index (χ1) is 10.8. The third kappa shape index (κ3) is 5.21. The Morgan fingerprint density at radius 2 is 1.86 bits per heavy atom. The maximum Gasteiger partial charge on any atom is 0.119 e. The first-order valence-corrected chi connectivity index (χ1v) is 8.52. The summed E-state index contributed by atoms with van der Waals surface area (Å²) in [6.45, 7) is 5.23. The average Bonchev–Trinajstić information content (AvgIpc) is 3.07. The molecule has 120 valence electrons. The molecule has 1 heterocycles. The van der Waals surface area contributed by atoms with Crippen LogP contribution in [0.15, 0.2) is 43.0 Å². The smallest absolute Gasteiger partial charge is 0.119 e. The lowest BCUT2D eigenvalue weighted by molar-refractivity contribution is 0.309. The van der Waals surface area contributed by atoms with Gasteiger partial charge in [0.2, 0.25) is 0 Å². The van der Waals surface area contributed by atoms with E-state index in [0.29, 0.717) is 6.04 Å². The van der Waals surface area contributed by atoms with E-state index >= 15 is 0 Å². The molecule has 1 atom stereocenters. The standard InChI is InChI=1S/C19H28N2O/c1-3-5-7-18(21-13-12-20-16-21)15-17-8-10-19(11-9-17)22-14-6-4-2/h8-13,16,18H,3-7,14-15H2,1-2H3/t18-/m1/s1. The molecular formula is C19H28N2O. The molecule has 0 amide bonds. The fraction of sp³-hybridized carbons (Fsp3) is 0.526. The van der Waals surface area contributed by atoms with E-state index in [0.717, 1.165) is 25.2 Å². The lowest BCUT2D eigenvalue weighted by Crippen LogP contribution is -2.10. The molecule has 0 unspecified atom stereocenters. The molecule has 2 rings (SSSR count). The van der Waals surface area contributed by atoms with Gasteiger partial charge in [-0.3, -0.25) is 0 Å². The van der Waals surface area contributed by atoms with Crippen molar-refractivity contribution >= 4 is 0 Å². The molecule has 0 aliphatic heterocycles. The second-order valence-corrected chi connectivity index (χ2v) is 5.86. The van der Waals surface area contributed by atoms with Gasteiger partial charge in [-0.25, -0.2) is 4.98 Å². The number of rotatable bonds is 10. The Labute approximate surface area is 134 Å². The van der Waals surface area contributed by atoms with Crippen molar-refractivity contribution in [2.75, 3.05) is 6.61 Å². The molecule has 2 aromatic rings. The third-order valence-corrected chi connectivity index (χ3v) is 4.00. The van der Waals surface area contributed by atoms with Gasteiger partial charge in [0.1, 0.15) is 5.75 Å². The summed E-state index contributed by atoms with van der Waals surface area (Å²) in [5.74, 6) is 0.977. The van der Waals surface area contributed by atoms with E-state index in [1.165, 1.54) is 31.2 Å². The number of hydrogen-bond donors (Lipinski definition) is 0. The number of hydrogen-bond acceptors (Lipinski definition) is 2. The van der Waals surface area contributed by atoms with Crippen molar-refractivity contribution in [3.05, 3.63) is 48.5 Å². The van der Waals surface area contributed by atoms with E-state index in [9.17, 15) is 0 Å². The number of aromatic nitrogens is 2. The van der Waals surface area contributed by atoms with Gasteiger partial charge in [0.05, 0.1) is 12.9 Å². The summed E-state index contributed by atoms with van der Waals surface area (Å²) in [7, 11) is 0. The number of imidazole rings is 1. The van der Waals surface area contributed by atoms with Crippen molar-refractivity contribution in [3.8, 4) is 5.75 Å². The lowest BCUT2D eigenvalue weighted by Gasteiger charge is -2.18. The number of benzene rings is 1. The highest BCUT2D eigenvalue weighted by molar-refractivity contribution is 5.27. The molecule has 1 aromatic carbocycles. The van der Waals surface area contributed by atoms with Crippen LogP contribution in [-0.2, 0) is 6.42 Å². The Morgan fingerprint density at radius 3 is 2.50 bits per heavy atom. The maximum atomic E-state index is 5.73. The molecule has 0 saturated heterocycles. The zero-order valence-corrected chi connectivity index (χ0v) is 13.9. The molecule has 0 aliphatic rings. The van der Waals surface area contributed by atoms with Crippen LogP contribution in [0, 0.1) is 0 Å². The van der Waals surface area contributed by atoms with Gasteiger partial charge in [0.25, 0.3) is 0 Å². The molecule has 0 spiro atoms. The van der Waals surface area contributed by atoms with Crippen LogP contribution in [0.1, 0.15) is 57.6 Å². The predicted molar refractivity (Wildman–Crippen MR) is 91.3 cm³/mol. The summed E-state index contributed by atoms with van der Waals surface area (Å²) in [5.41, 5.74) is 1.36. The van der Waals surface area contributed by atoms with E-state index in [1.54, 1.807) is 0 Å². The van der Waals surface area contributed by atoms with Gasteiger partial charge in [0, 0.05) is 18.4 Å². The Morgan fingerprint density at radius 1 is 1.09 bits per heavy atom. The average molecular weight is 300 g/mol. The lowest BCUT2D eigenvalue weighted by atomic mass is 10.0. The number of unbranched alkanes of at least 4 members (excludes halogenated alkanes) is 2. The maximum absolute atomic E-state index is 5.73. The van der Waals surface area contributed by atoms with E-state index < -0.39 is 0 Å². The van der Waals surface area contributed by atoms with Gasteiger partial charge in [-0.1, -0.05) is 45.2 Å². The molecular weight excluding hydrogens is 272 g/mol. The van der Waals surface area contributed by atoms with Crippen molar-refractivity contribution in [2.45, 2.75) is 58.4 Å². The van der Waals surface area contributed by atoms with Gasteiger partial charge in [0.15, 0.2) is 0 Å². The minimum atomic E-state index is 0.495. The van der Waals surface area contributed by atoms with E-state index in [2.05, 4.69) is 53.9 Å². The molecule has 0 bridgehead atoms. The Bertz CT molecular complexity index is 505. The van der Waals surface area contributed by atoms with E-state index in [4.69, 9.17) is 4.74 Å². The van der Waals surface area contributed by atoms with Crippen LogP contribution < -0.4 is 4.74 Å². The summed E-state index contributed by atoms with van der Waals surface area (Å²) in [6, 6.07) is 9.06. The molecule has 0 radical (unpaired) electrons. The Balaban J connectivity index is 1.94. The summed E-state index contributed by atoms with van der Waals surface area (Å²) in [6.07, 6.45) is 12.9. The minimum Gasteiger partial charge on any atom is -0.494 e. The van der Waals surface area contributed by atoms with Crippen LogP contribution in [0.4, 0.5) is 0 Å². The van der Waals surface area contributed by atoms with Gasteiger partial charge >= 0.3 is 0 Å². The van der Waals surface area contributed by atoms with Crippen LogP contribution in [0.5, 0.6) is 5.75 Å². The van der Waals surface area contributed by atoms with Crippen LogP contribution in [-0.4, -0.2) is 16.2 Å². The molecule has 0 N–H and O–H groups in total. The highest BCUT2D eigenvalue weighted by atomic mass is 16.5. The summed E-state index contributed by atoms with van der Waals surface area (Å²) < 4.78 is 7.97. The highest BCUT2D eigenvalue weighted by Gasteiger charge is 2.11. The van der Waals surface area contributed by atoms with Crippen molar-refractivity contribution in [1.29, 1.82) is 0 Å². The second kappa shape index (κ2) is 9.29. The quantitative estimate of drug-likeness (QED) is 0.575. The molecule has 0 saturated carbocycles. The largest absolute Gasteiger partial charge is 0.494 e. The Hall–Kier alpha value is -1.77. The SMILES string of the molecule is CCCCOc1ccc(C[C@@H](CCCC)n2ccnc2)cc1. The number of nitrogens with zero attached hydrogens (tertiary/aromatic N) is 2. The summed E-state index contributed by atoms with van der Waals surface area (Å²) >= 11 is 0. The fourth-order valence-electron chi connectivity index (χ4n) is 2.61. The zero-order chi connectivity index (χ0) is 15.6. The molecule has 0 aliphatic carbocycles. The van der Waals surface area contributed by atoms with E-state index in [-0.39, 0.29) is 0 Å². The molecule has 1 aromatic heterocycles. The van der Waals surface area contributed by atoms with Crippen molar-refractivity contribution in [1.82, 2.24) is 9.55 Å². The third-order valence-electron chi connectivity index (χ3n) is 4.00. The van der Waals surface area contributed by atoms with E-state index in [1.807, 2.05) is 12.5 Å². The number of ether oxygens (including phenoxy) is 1. The first-order valence-electron chi connectivity index (χ1n) is 8.52. The summed E-state index contributed by atoms with van der Waals surface area (Å²) in [4.78, 5) is 4.19. The van der Waals surface area contributed by atoms with Crippen molar-refractivity contribution in [2.24, 2.45) is 0 Å².